The summed E-state index contributed by atoms with van der Waals surface area (Å²) in [6, 6.07) is 7.29. The monoisotopic (exact) mass is 353 g/mol. The van der Waals surface area contributed by atoms with Crippen molar-refractivity contribution >= 4 is 11.8 Å². The van der Waals surface area contributed by atoms with Crippen molar-refractivity contribution in [1.29, 1.82) is 0 Å². The van der Waals surface area contributed by atoms with Gasteiger partial charge in [-0.1, -0.05) is 6.07 Å². The average Bonchev–Trinajstić information content (AvgIpc) is 3.40. The first-order valence-electron chi connectivity index (χ1n) is 9.22. The quantitative estimate of drug-likeness (QED) is 0.859. The van der Waals surface area contributed by atoms with Gasteiger partial charge in [0.15, 0.2) is 0 Å². The Morgan fingerprint density at radius 2 is 2.08 bits per heavy atom. The summed E-state index contributed by atoms with van der Waals surface area (Å²) in [6.07, 6.45) is 7.14. The van der Waals surface area contributed by atoms with Crippen LogP contribution in [0.15, 0.2) is 36.7 Å². The molecular formula is C19H23N5O2. The Bertz CT molecular complexity index is 758. The molecule has 2 amide bonds. The first kappa shape index (κ1) is 16.8. The van der Waals surface area contributed by atoms with Crippen molar-refractivity contribution in [3.63, 3.8) is 0 Å². The maximum absolute atomic E-state index is 12.7. The van der Waals surface area contributed by atoms with Crippen molar-refractivity contribution in [3.8, 4) is 0 Å². The van der Waals surface area contributed by atoms with Crippen LogP contribution in [0.25, 0.3) is 0 Å². The Balaban J connectivity index is 1.52. The summed E-state index contributed by atoms with van der Waals surface area (Å²) in [6.45, 7) is 1.32. The lowest BCUT2D eigenvalue weighted by Crippen LogP contribution is -2.45. The second-order valence-electron chi connectivity index (χ2n) is 7.14. The molecule has 0 bridgehead atoms. The van der Waals surface area contributed by atoms with Crippen molar-refractivity contribution in [2.75, 3.05) is 13.1 Å². The summed E-state index contributed by atoms with van der Waals surface area (Å²) in [5.41, 5.74) is 1.37. The van der Waals surface area contributed by atoms with E-state index in [1.54, 1.807) is 18.5 Å². The lowest BCUT2D eigenvalue weighted by molar-refractivity contribution is -0.123. The Hall–Kier alpha value is -2.70. The van der Waals surface area contributed by atoms with Crippen LogP contribution in [0.4, 0.5) is 0 Å². The number of nitrogens with zero attached hydrogens (tertiary/aromatic N) is 3. The number of hydrogen-bond donors (Lipinski definition) is 2. The molecule has 0 spiro atoms. The van der Waals surface area contributed by atoms with Crippen LogP contribution in [0.3, 0.4) is 0 Å². The largest absolute Gasteiger partial charge is 0.347 e. The topological polar surface area (TPSA) is 91.0 Å². The Labute approximate surface area is 152 Å². The van der Waals surface area contributed by atoms with E-state index in [2.05, 4.69) is 20.5 Å². The van der Waals surface area contributed by atoms with E-state index in [9.17, 15) is 9.59 Å². The van der Waals surface area contributed by atoms with Gasteiger partial charge in [0.1, 0.15) is 5.69 Å². The number of hydrogen-bond acceptors (Lipinski definition) is 4. The minimum atomic E-state index is -0.165. The maximum atomic E-state index is 12.7. The zero-order valence-electron chi connectivity index (χ0n) is 14.6. The molecule has 0 radical (unpaired) electrons. The van der Waals surface area contributed by atoms with Crippen LogP contribution in [0, 0.1) is 11.8 Å². The summed E-state index contributed by atoms with van der Waals surface area (Å²) < 4.78 is 0. The molecule has 136 valence electrons. The Morgan fingerprint density at radius 1 is 1.19 bits per heavy atom. The van der Waals surface area contributed by atoms with E-state index in [0.29, 0.717) is 12.2 Å². The zero-order chi connectivity index (χ0) is 17.9. The Kier molecular flexibility index (Phi) is 4.69. The predicted molar refractivity (Wildman–Crippen MR) is 95.1 cm³/mol. The summed E-state index contributed by atoms with van der Waals surface area (Å²) in [7, 11) is 0. The van der Waals surface area contributed by atoms with Gasteiger partial charge in [0.25, 0.3) is 5.91 Å². The van der Waals surface area contributed by atoms with Crippen LogP contribution in [0.2, 0.25) is 0 Å². The van der Waals surface area contributed by atoms with E-state index >= 15 is 0 Å². The number of rotatable bonds is 5. The fourth-order valence-electron chi connectivity index (χ4n) is 3.62. The number of piperidine rings is 1. The van der Waals surface area contributed by atoms with E-state index in [0.717, 1.165) is 37.9 Å². The minimum absolute atomic E-state index is 0.0412. The lowest BCUT2D eigenvalue weighted by atomic mass is 9.88. The van der Waals surface area contributed by atoms with Gasteiger partial charge >= 0.3 is 0 Å². The smallest absolute Gasteiger partial charge is 0.271 e. The third-order valence-corrected chi connectivity index (χ3v) is 5.20. The molecule has 2 unspecified atom stereocenters. The molecule has 7 nitrogen and oxygen atoms in total. The summed E-state index contributed by atoms with van der Waals surface area (Å²) in [4.78, 5) is 31.4. The number of nitrogens with one attached hydrogen (secondary N) is 2. The number of carbonyl (C=O) groups excluding carboxylic acids is 2. The molecule has 3 heterocycles. The SMILES string of the molecule is O=C(NC(c1ccccn1)C1CCCN(C(=O)c2ccn[nH]2)C1)C1CC1. The summed E-state index contributed by atoms with van der Waals surface area (Å²) in [5, 5.41) is 9.81. The van der Waals surface area contributed by atoms with Gasteiger partial charge in [0.2, 0.25) is 5.91 Å². The molecule has 2 atom stereocenters. The number of aromatic nitrogens is 3. The molecule has 2 aliphatic rings. The Morgan fingerprint density at radius 3 is 2.77 bits per heavy atom. The van der Waals surface area contributed by atoms with E-state index in [1.165, 1.54) is 0 Å². The highest BCUT2D eigenvalue weighted by Gasteiger charge is 2.36. The normalized spacial score (nSPS) is 21.2. The molecule has 1 saturated heterocycles. The lowest BCUT2D eigenvalue weighted by Gasteiger charge is -2.37. The molecule has 4 rings (SSSR count). The number of amides is 2. The van der Waals surface area contributed by atoms with Gasteiger partial charge in [-0.05, 0) is 43.9 Å². The first-order valence-corrected chi connectivity index (χ1v) is 9.22. The van der Waals surface area contributed by atoms with Crippen LogP contribution in [-0.2, 0) is 4.79 Å². The minimum Gasteiger partial charge on any atom is -0.347 e. The van der Waals surface area contributed by atoms with Crippen LogP contribution in [0.1, 0.15) is 47.9 Å². The summed E-state index contributed by atoms with van der Waals surface area (Å²) >= 11 is 0. The van der Waals surface area contributed by atoms with E-state index in [-0.39, 0.29) is 29.7 Å². The van der Waals surface area contributed by atoms with Crippen molar-refractivity contribution < 1.29 is 9.59 Å². The second kappa shape index (κ2) is 7.27. The molecule has 7 heteroatoms. The van der Waals surface area contributed by atoms with Gasteiger partial charge in [-0.15, -0.1) is 0 Å². The van der Waals surface area contributed by atoms with Gasteiger partial charge in [-0.3, -0.25) is 19.7 Å². The third-order valence-electron chi connectivity index (χ3n) is 5.20. The summed E-state index contributed by atoms with van der Waals surface area (Å²) in [5.74, 6) is 0.360. The van der Waals surface area contributed by atoms with Gasteiger partial charge in [0, 0.05) is 37.3 Å². The number of H-pyrrole nitrogens is 1. The maximum Gasteiger partial charge on any atom is 0.271 e. The molecule has 2 fully saturated rings. The highest BCUT2D eigenvalue weighted by atomic mass is 16.2. The fourth-order valence-corrected chi connectivity index (χ4v) is 3.62. The molecule has 1 aliphatic heterocycles. The number of aromatic amines is 1. The van der Waals surface area contributed by atoms with Crippen molar-refractivity contribution in [2.45, 2.75) is 31.7 Å². The number of pyridine rings is 1. The fraction of sp³-hybridized carbons (Fsp3) is 0.474. The van der Waals surface area contributed by atoms with Gasteiger partial charge in [0.05, 0.1) is 11.7 Å². The van der Waals surface area contributed by atoms with Crippen LogP contribution < -0.4 is 5.32 Å². The van der Waals surface area contributed by atoms with Gasteiger partial charge in [-0.25, -0.2) is 0 Å². The highest BCUT2D eigenvalue weighted by Crippen LogP contribution is 2.33. The van der Waals surface area contributed by atoms with Crippen molar-refractivity contribution in [1.82, 2.24) is 25.4 Å². The second-order valence-corrected chi connectivity index (χ2v) is 7.14. The highest BCUT2D eigenvalue weighted by molar-refractivity contribution is 5.92. The molecule has 1 saturated carbocycles. The molecule has 2 aromatic heterocycles. The predicted octanol–water partition coefficient (Wildman–Crippen LogP) is 1.92. The van der Waals surface area contributed by atoms with E-state index < -0.39 is 0 Å². The first-order chi connectivity index (χ1) is 12.7. The van der Waals surface area contributed by atoms with Crippen LogP contribution in [-0.4, -0.2) is 45.0 Å². The number of carbonyl (C=O) groups is 2. The molecule has 1 aliphatic carbocycles. The van der Waals surface area contributed by atoms with Crippen LogP contribution in [0.5, 0.6) is 0 Å². The molecule has 2 aromatic rings. The zero-order valence-corrected chi connectivity index (χ0v) is 14.6. The van der Waals surface area contributed by atoms with E-state index in [4.69, 9.17) is 0 Å². The molecule has 26 heavy (non-hydrogen) atoms. The molecule has 2 N–H and O–H groups in total. The molecule has 0 aromatic carbocycles. The van der Waals surface area contributed by atoms with Gasteiger partial charge in [-0.2, -0.15) is 5.10 Å². The average molecular weight is 353 g/mol. The number of likely N-dealkylation sites (tertiary alicyclic amines) is 1. The van der Waals surface area contributed by atoms with E-state index in [1.807, 2.05) is 23.1 Å². The van der Waals surface area contributed by atoms with Crippen molar-refractivity contribution in [3.05, 3.63) is 48.0 Å². The van der Waals surface area contributed by atoms with Gasteiger partial charge < -0.3 is 10.2 Å². The third kappa shape index (κ3) is 3.61. The van der Waals surface area contributed by atoms with Crippen LogP contribution >= 0.6 is 0 Å². The van der Waals surface area contributed by atoms with Crippen molar-refractivity contribution in [2.24, 2.45) is 11.8 Å². The molecular weight excluding hydrogens is 330 g/mol. The standard InChI is InChI=1S/C19H23N5O2/c25-18(13-6-7-13)22-17(15-5-1-2-9-20-15)14-4-3-11-24(12-14)19(26)16-8-10-21-23-16/h1-2,5,8-10,13-14,17H,3-4,6-7,11-12H2,(H,21,23)(H,22,25).